The number of rotatable bonds is 9. The van der Waals surface area contributed by atoms with Crippen LogP contribution in [-0.2, 0) is 12.2 Å². The number of dihydropyridines is 1. The summed E-state index contributed by atoms with van der Waals surface area (Å²) in [6, 6.07) is 5.46. The fraction of sp³-hybridized carbons (Fsp3) is 0.484. The Hall–Kier alpha value is -3.97. The van der Waals surface area contributed by atoms with Gasteiger partial charge in [0.15, 0.2) is 11.5 Å². The minimum Gasteiger partial charge on any atom is -0.489 e. The van der Waals surface area contributed by atoms with Crippen molar-refractivity contribution in [2.45, 2.75) is 75.5 Å². The molecule has 13 heteroatoms. The van der Waals surface area contributed by atoms with Gasteiger partial charge in [0.25, 0.3) is 6.43 Å². The number of nitrogens with two attached hydrogens (primary N) is 1. The van der Waals surface area contributed by atoms with Crippen LogP contribution in [0.2, 0.25) is 0 Å². The maximum Gasteiger partial charge on any atom is 0.257 e. The van der Waals surface area contributed by atoms with E-state index in [1.54, 1.807) is 24.7 Å². The zero-order valence-electron chi connectivity index (χ0n) is 24.7. The van der Waals surface area contributed by atoms with Gasteiger partial charge in [-0.1, -0.05) is 0 Å². The third kappa shape index (κ3) is 7.05. The topological polar surface area (TPSA) is 119 Å². The zero-order valence-corrected chi connectivity index (χ0v) is 24.7. The molecule has 10 nitrogen and oxygen atoms in total. The van der Waals surface area contributed by atoms with Crippen molar-refractivity contribution < 1.29 is 17.9 Å². The van der Waals surface area contributed by atoms with Gasteiger partial charge in [0.05, 0.1) is 29.3 Å². The van der Waals surface area contributed by atoms with E-state index in [2.05, 4.69) is 37.6 Å². The molecule has 234 valence electrons. The molecule has 6 rings (SSSR count). The van der Waals surface area contributed by atoms with E-state index in [1.807, 2.05) is 18.2 Å². The minimum absolute atomic E-state index is 0.0653. The first-order chi connectivity index (χ1) is 21.2. The van der Waals surface area contributed by atoms with Gasteiger partial charge in [-0.25, -0.2) is 23.1 Å². The van der Waals surface area contributed by atoms with Gasteiger partial charge in [-0.15, -0.1) is 0 Å². The normalized spacial score (nSPS) is 24.9. The highest BCUT2D eigenvalue weighted by Gasteiger charge is 2.33. The Kier molecular flexibility index (Phi) is 8.85. The number of pyridine rings is 1. The predicted octanol–water partition coefficient (Wildman–Crippen LogP) is 3.98. The lowest BCUT2D eigenvalue weighted by Crippen LogP contribution is -2.50. The lowest BCUT2D eigenvalue weighted by molar-refractivity contribution is 0.114. The van der Waals surface area contributed by atoms with Crippen molar-refractivity contribution in [3.05, 3.63) is 72.3 Å². The van der Waals surface area contributed by atoms with Crippen LogP contribution in [0.25, 0.3) is 17.0 Å². The number of nitrogens with one attached hydrogen (secondary N) is 2. The summed E-state index contributed by atoms with van der Waals surface area (Å²) in [7, 11) is 2.12. The summed E-state index contributed by atoms with van der Waals surface area (Å²) in [6.07, 6.45) is 11.2. The predicted molar refractivity (Wildman–Crippen MR) is 160 cm³/mol. The highest BCUT2D eigenvalue weighted by atomic mass is 19.3. The van der Waals surface area contributed by atoms with Gasteiger partial charge in [-0.3, -0.25) is 9.67 Å². The van der Waals surface area contributed by atoms with Crippen LogP contribution in [0.1, 0.15) is 49.9 Å². The standard InChI is InChI=1S/C31H38F3N9O/c1-42-11-8-23(9-12-42)44-24-5-6-26(37-16-24)25-17-38-31(35,14-27(25)40-22-4-2-3-21(32)13-22)28-7-10-36-30(41-28)20-15-39-43(18-20)19-29(33)34/h5-7,10,14-18,21-23,29,38,40H,2-4,8-9,11-13,19,35H2,1H3. The van der Waals surface area contributed by atoms with Crippen LogP contribution >= 0.6 is 0 Å². The van der Waals surface area contributed by atoms with E-state index < -0.39 is 24.8 Å². The van der Waals surface area contributed by atoms with E-state index in [9.17, 15) is 13.2 Å². The van der Waals surface area contributed by atoms with Crippen LogP contribution in [0.5, 0.6) is 5.75 Å². The van der Waals surface area contributed by atoms with E-state index in [4.69, 9.17) is 15.5 Å². The van der Waals surface area contributed by atoms with E-state index in [0.717, 1.165) is 54.8 Å². The molecule has 4 N–H and O–H groups in total. The van der Waals surface area contributed by atoms with Crippen molar-refractivity contribution in [3.63, 3.8) is 0 Å². The highest BCUT2D eigenvalue weighted by Crippen LogP contribution is 2.32. The Morgan fingerprint density at radius 2 is 1.98 bits per heavy atom. The lowest BCUT2D eigenvalue weighted by Gasteiger charge is -2.35. The molecule has 3 unspecified atom stereocenters. The first-order valence-electron chi connectivity index (χ1n) is 15.1. The average molecular weight is 610 g/mol. The minimum atomic E-state index is -2.53. The van der Waals surface area contributed by atoms with Crippen molar-refractivity contribution in [2.24, 2.45) is 5.73 Å². The average Bonchev–Trinajstić information content (AvgIpc) is 3.47. The third-order valence-corrected chi connectivity index (χ3v) is 8.36. The fourth-order valence-corrected chi connectivity index (χ4v) is 5.93. The van der Waals surface area contributed by atoms with Crippen LogP contribution < -0.4 is 21.1 Å². The summed E-state index contributed by atoms with van der Waals surface area (Å²) in [6.45, 7) is 1.49. The van der Waals surface area contributed by atoms with Crippen molar-refractivity contribution in [1.82, 2.24) is 40.3 Å². The van der Waals surface area contributed by atoms with E-state index >= 15 is 0 Å². The maximum atomic E-state index is 14.4. The molecule has 2 aliphatic heterocycles. The Balaban J connectivity index is 1.25. The zero-order chi connectivity index (χ0) is 30.7. The number of hydrogen-bond acceptors (Lipinski definition) is 9. The number of piperidine rings is 1. The van der Waals surface area contributed by atoms with Crippen molar-refractivity contribution in [1.29, 1.82) is 0 Å². The number of likely N-dealkylation sites (tertiary alicyclic amines) is 1. The van der Waals surface area contributed by atoms with Gasteiger partial charge < -0.3 is 26.0 Å². The van der Waals surface area contributed by atoms with Crippen molar-refractivity contribution in [2.75, 3.05) is 20.1 Å². The van der Waals surface area contributed by atoms with Crippen LogP contribution in [0.4, 0.5) is 13.2 Å². The summed E-state index contributed by atoms with van der Waals surface area (Å²) in [5.41, 5.74) is 8.80. The molecule has 1 aliphatic carbocycles. The molecule has 44 heavy (non-hydrogen) atoms. The first-order valence-corrected chi connectivity index (χ1v) is 15.1. The first kappa shape index (κ1) is 30.1. The molecule has 0 amide bonds. The number of aromatic nitrogens is 5. The molecule has 3 aromatic heterocycles. The van der Waals surface area contributed by atoms with Gasteiger partial charge in [-0.2, -0.15) is 5.10 Å². The number of allylic oxidation sites excluding steroid dienone is 1. The van der Waals surface area contributed by atoms with Crippen LogP contribution in [0.15, 0.2) is 61.0 Å². The molecule has 3 aliphatic rings. The third-order valence-electron chi connectivity index (χ3n) is 8.36. The maximum absolute atomic E-state index is 14.4. The summed E-state index contributed by atoms with van der Waals surface area (Å²) in [4.78, 5) is 16.0. The molecule has 3 aromatic rings. The Labute approximate surface area is 254 Å². The Morgan fingerprint density at radius 1 is 1.14 bits per heavy atom. The summed E-state index contributed by atoms with van der Waals surface area (Å²) in [5.74, 6) is 1.03. The quantitative estimate of drug-likeness (QED) is 0.331. The van der Waals surface area contributed by atoms with Crippen LogP contribution in [0, 0.1) is 0 Å². The lowest BCUT2D eigenvalue weighted by atomic mass is 9.91. The van der Waals surface area contributed by atoms with Crippen LogP contribution in [-0.4, -0.2) is 74.5 Å². The van der Waals surface area contributed by atoms with Gasteiger partial charge in [0.1, 0.15) is 24.6 Å². The Morgan fingerprint density at radius 3 is 2.73 bits per heavy atom. The number of hydrogen-bond donors (Lipinski definition) is 3. The molecule has 1 saturated heterocycles. The Bertz CT molecular complexity index is 1490. The molecule has 3 atom stereocenters. The SMILES string of the molecule is CN1CCC(Oc2ccc(C3=CNC(N)(c4ccnc(-c5cnn(CC(F)F)c5)n4)C=C3NC3CCCC(F)C3)nc2)CC1. The molecule has 0 radical (unpaired) electrons. The molecule has 5 heterocycles. The second kappa shape index (κ2) is 12.9. The van der Waals surface area contributed by atoms with Gasteiger partial charge in [0.2, 0.25) is 0 Å². The van der Waals surface area contributed by atoms with Gasteiger partial charge >= 0.3 is 0 Å². The molecule has 0 spiro atoms. The van der Waals surface area contributed by atoms with Crippen LogP contribution in [0.3, 0.4) is 0 Å². The molecule has 0 bridgehead atoms. The summed E-state index contributed by atoms with van der Waals surface area (Å²) >= 11 is 0. The van der Waals surface area contributed by atoms with Crippen molar-refractivity contribution in [3.8, 4) is 17.1 Å². The largest absolute Gasteiger partial charge is 0.489 e. The molecule has 1 saturated carbocycles. The number of alkyl halides is 3. The van der Waals surface area contributed by atoms with Gasteiger partial charge in [-0.05, 0) is 69.8 Å². The smallest absolute Gasteiger partial charge is 0.257 e. The van der Waals surface area contributed by atoms with Crippen molar-refractivity contribution >= 4 is 5.57 Å². The number of ether oxygens (including phenoxy) is 1. The molecular weight excluding hydrogens is 571 g/mol. The van der Waals surface area contributed by atoms with Gasteiger partial charge in [0, 0.05) is 49.0 Å². The second-order valence-electron chi connectivity index (χ2n) is 11.8. The molecule has 0 aromatic carbocycles. The molecular formula is C31H38F3N9O. The van der Waals surface area contributed by atoms with E-state index in [1.165, 1.54) is 12.4 Å². The number of halogens is 3. The monoisotopic (exact) mass is 609 g/mol. The second-order valence-corrected chi connectivity index (χ2v) is 11.8. The summed E-state index contributed by atoms with van der Waals surface area (Å²) in [5, 5.41) is 10.8. The summed E-state index contributed by atoms with van der Waals surface area (Å²) < 4.78 is 47.4. The van der Waals surface area contributed by atoms with E-state index in [0.29, 0.717) is 41.3 Å². The number of nitrogens with zero attached hydrogens (tertiary/aromatic N) is 6. The fourth-order valence-electron chi connectivity index (χ4n) is 5.93. The highest BCUT2D eigenvalue weighted by molar-refractivity contribution is 5.78. The van der Waals surface area contributed by atoms with E-state index in [-0.39, 0.29) is 12.1 Å². The molecule has 2 fully saturated rings.